The SMILES string of the molecule is C=C(Br)c1cn(C2O[C@H](CO)[C@@H](CO)[C@@H]2O)c(=O)[nH]c1=O. The van der Waals surface area contributed by atoms with Gasteiger partial charge in [-0.05, 0) is 0 Å². The van der Waals surface area contributed by atoms with Gasteiger partial charge in [0.05, 0.1) is 24.9 Å². The highest BCUT2D eigenvalue weighted by molar-refractivity contribution is 9.15. The average Bonchev–Trinajstić information content (AvgIpc) is 2.74. The van der Waals surface area contributed by atoms with Gasteiger partial charge in [-0.1, -0.05) is 22.5 Å². The van der Waals surface area contributed by atoms with Crippen molar-refractivity contribution < 1.29 is 20.1 Å². The molecule has 0 aliphatic carbocycles. The van der Waals surface area contributed by atoms with Crippen molar-refractivity contribution in [1.82, 2.24) is 9.55 Å². The van der Waals surface area contributed by atoms with E-state index in [-0.39, 0.29) is 10.0 Å². The molecule has 1 aromatic heterocycles. The summed E-state index contributed by atoms with van der Waals surface area (Å²) in [6, 6.07) is 0. The van der Waals surface area contributed by atoms with Crippen LogP contribution in [0, 0.1) is 5.92 Å². The van der Waals surface area contributed by atoms with Crippen LogP contribution in [0.5, 0.6) is 0 Å². The number of halogens is 1. The molecule has 8 nitrogen and oxygen atoms in total. The van der Waals surface area contributed by atoms with E-state index in [2.05, 4.69) is 27.5 Å². The normalized spacial score (nSPS) is 28.8. The third kappa shape index (κ3) is 2.87. The molecule has 0 aromatic carbocycles. The molecule has 2 rings (SSSR count). The van der Waals surface area contributed by atoms with Crippen molar-refractivity contribution in [2.24, 2.45) is 5.92 Å². The molecule has 1 fully saturated rings. The molecule has 1 aromatic rings. The van der Waals surface area contributed by atoms with Crippen LogP contribution in [-0.4, -0.2) is 50.3 Å². The minimum absolute atomic E-state index is 0.110. The molecule has 1 aliphatic heterocycles. The molecule has 0 radical (unpaired) electrons. The van der Waals surface area contributed by atoms with Gasteiger partial charge in [0.25, 0.3) is 5.56 Å². The maximum absolute atomic E-state index is 11.9. The lowest BCUT2D eigenvalue weighted by molar-refractivity contribution is -0.0539. The van der Waals surface area contributed by atoms with Crippen LogP contribution in [0.2, 0.25) is 0 Å². The number of aromatic amines is 1. The quantitative estimate of drug-likeness (QED) is 0.531. The van der Waals surface area contributed by atoms with Gasteiger partial charge in [-0.2, -0.15) is 0 Å². The Morgan fingerprint density at radius 2 is 2.10 bits per heavy atom. The lowest BCUT2D eigenvalue weighted by Crippen LogP contribution is -2.38. The minimum atomic E-state index is -1.20. The second-order valence-electron chi connectivity index (χ2n) is 4.70. The van der Waals surface area contributed by atoms with E-state index >= 15 is 0 Å². The molecule has 1 saturated heterocycles. The van der Waals surface area contributed by atoms with Crippen LogP contribution in [-0.2, 0) is 4.74 Å². The van der Waals surface area contributed by atoms with Gasteiger partial charge in [0.1, 0.15) is 6.10 Å². The highest BCUT2D eigenvalue weighted by Gasteiger charge is 2.44. The Bertz CT molecular complexity index is 654. The maximum atomic E-state index is 11.9. The first-order chi connectivity index (χ1) is 9.90. The van der Waals surface area contributed by atoms with Crippen molar-refractivity contribution in [3.63, 3.8) is 0 Å². The number of nitrogens with one attached hydrogen (secondary N) is 1. The number of hydrogen-bond donors (Lipinski definition) is 4. The molecule has 0 amide bonds. The second-order valence-corrected chi connectivity index (χ2v) is 5.66. The largest absolute Gasteiger partial charge is 0.396 e. The summed E-state index contributed by atoms with van der Waals surface area (Å²) in [5, 5.41) is 28.6. The molecule has 0 bridgehead atoms. The maximum Gasteiger partial charge on any atom is 0.330 e. The number of hydrogen-bond acceptors (Lipinski definition) is 6. The zero-order valence-corrected chi connectivity index (χ0v) is 12.5. The average molecular weight is 363 g/mol. The van der Waals surface area contributed by atoms with Crippen LogP contribution in [0.15, 0.2) is 22.4 Å². The van der Waals surface area contributed by atoms with Gasteiger partial charge >= 0.3 is 5.69 Å². The molecule has 0 spiro atoms. The van der Waals surface area contributed by atoms with Crippen molar-refractivity contribution in [2.45, 2.75) is 18.4 Å². The van der Waals surface area contributed by atoms with Crippen LogP contribution in [0.3, 0.4) is 0 Å². The molecule has 4 atom stereocenters. The molecule has 2 heterocycles. The fourth-order valence-electron chi connectivity index (χ4n) is 2.29. The van der Waals surface area contributed by atoms with Crippen LogP contribution in [0.1, 0.15) is 11.8 Å². The van der Waals surface area contributed by atoms with E-state index < -0.39 is 48.8 Å². The second kappa shape index (κ2) is 6.24. The Balaban J connectivity index is 2.47. The van der Waals surface area contributed by atoms with E-state index in [4.69, 9.17) is 4.74 Å². The summed E-state index contributed by atoms with van der Waals surface area (Å²) in [5.74, 6) is -0.727. The number of aliphatic hydroxyl groups is 3. The van der Waals surface area contributed by atoms with Crippen molar-refractivity contribution in [2.75, 3.05) is 13.2 Å². The predicted molar refractivity (Wildman–Crippen MR) is 76.9 cm³/mol. The molecular formula is C12H15BrN2O6. The van der Waals surface area contributed by atoms with Crippen LogP contribution < -0.4 is 11.2 Å². The van der Waals surface area contributed by atoms with E-state index in [1.54, 1.807) is 0 Å². The van der Waals surface area contributed by atoms with Crippen molar-refractivity contribution >= 4 is 20.4 Å². The Hall–Kier alpha value is -1.26. The summed E-state index contributed by atoms with van der Waals surface area (Å²) in [7, 11) is 0. The van der Waals surface area contributed by atoms with Crippen LogP contribution in [0.25, 0.3) is 4.48 Å². The van der Waals surface area contributed by atoms with E-state index in [0.29, 0.717) is 0 Å². The first-order valence-corrected chi connectivity index (χ1v) is 6.95. The fourth-order valence-corrected chi connectivity index (χ4v) is 2.58. The molecule has 21 heavy (non-hydrogen) atoms. The van der Waals surface area contributed by atoms with Gasteiger partial charge in [-0.15, -0.1) is 0 Å². The van der Waals surface area contributed by atoms with Gasteiger partial charge < -0.3 is 20.1 Å². The Morgan fingerprint density at radius 3 is 2.57 bits per heavy atom. The topological polar surface area (TPSA) is 125 Å². The van der Waals surface area contributed by atoms with Crippen molar-refractivity contribution in [1.29, 1.82) is 0 Å². The zero-order chi connectivity index (χ0) is 15.7. The molecule has 0 saturated carbocycles. The van der Waals surface area contributed by atoms with Crippen LogP contribution >= 0.6 is 15.9 Å². The summed E-state index contributed by atoms with van der Waals surface area (Å²) in [4.78, 5) is 25.6. The number of aliphatic hydroxyl groups excluding tert-OH is 3. The first-order valence-electron chi connectivity index (χ1n) is 6.16. The molecule has 1 aliphatic rings. The third-order valence-corrected chi connectivity index (χ3v) is 3.87. The molecule has 4 N–H and O–H groups in total. The number of rotatable bonds is 4. The van der Waals surface area contributed by atoms with E-state index in [0.717, 1.165) is 4.57 Å². The number of ether oxygens (including phenoxy) is 1. The molecule has 116 valence electrons. The molecular weight excluding hydrogens is 348 g/mol. The molecule has 9 heteroatoms. The first kappa shape index (κ1) is 16.1. The van der Waals surface area contributed by atoms with E-state index in [1.165, 1.54) is 6.20 Å². The Labute approximate surface area is 127 Å². The van der Waals surface area contributed by atoms with Crippen molar-refractivity contribution in [3.05, 3.63) is 39.2 Å². The van der Waals surface area contributed by atoms with Crippen molar-refractivity contribution in [3.8, 4) is 0 Å². The van der Waals surface area contributed by atoms with Gasteiger partial charge in [0.15, 0.2) is 6.23 Å². The number of H-pyrrole nitrogens is 1. The summed E-state index contributed by atoms with van der Waals surface area (Å²) < 4.78 is 6.68. The summed E-state index contributed by atoms with van der Waals surface area (Å²) in [6.07, 6.45) is -1.91. The monoisotopic (exact) mass is 362 g/mol. The standard InChI is InChI=1S/C12H15BrN2O6/c1-5(13)6-2-15(12(20)14-10(6)19)11-9(18)7(3-16)8(4-17)21-11/h2,7-9,11,16-18H,1,3-4H2,(H,14,19,20)/t7-,8-,9+,11?/m1/s1. The fraction of sp³-hybridized carbons (Fsp3) is 0.500. The minimum Gasteiger partial charge on any atom is -0.396 e. The highest BCUT2D eigenvalue weighted by Crippen LogP contribution is 2.33. The summed E-state index contributed by atoms with van der Waals surface area (Å²) >= 11 is 3.05. The van der Waals surface area contributed by atoms with E-state index in [1.807, 2.05) is 0 Å². The Morgan fingerprint density at radius 1 is 1.43 bits per heavy atom. The third-order valence-electron chi connectivity index (χ3n) is 3.45. The number of aromatic nitrogens is 2. The van der Waals surface area contributed by atoms with Crippen LogP contribution in [0.4, 0.5) is 0 Å². The van der Waals surface area contributed by atoms with Gasteiger partial charge in [0.2, 0.25) is 0 Å². The lowest BCUT2D eigenvalue weighted by Gasteiger charge is -2.18. The lowest BCUT2D eigenvalue weighted by atomic mass is 9.99. The summed E-state index contributed by atoms with van der Waals surface area (Å²) in [5.41, 5.74) is -1.28. The molecule has 1 unspecified atom stereocenters. The summed E-state index contributed by atoms with van der Waals surface area (Å²) in [6.45, 7) is 2.75. The Kier molecular flexibility index (Phi) is 4.79. The van der Waals surface area contributed by atoms with Gasteiger partial charge in [0, 0.05) is 16.6 Å². The van der Waals surface area contributed by atoms with Gasteiger partial charge in [-0.25, -0.2) is 4.79 Å². The smallest absolute Gasteiger partial charge is 0.330 e. The van der Waals surface area contributed by atoms with Gasteiger partial charge in [-0.3, -0.25) is 14.3 Å². The zero-order valence-electron chi connectivity index (χ0n) is 10.9. The number of nitrogens with zero attached hydrogens (tertiary/aromatic N) is 1. The van der Waals surface area contributed by atoms with E-state index in [9.17, 15) is 24.9 Å². The highest BCUT2D eigenvalue weighted by atomic mass is 79.9. The predicted octanol–water partition coefficient (Wildman–Crippen LogP) is -1.24.